The molecule has 1 amide bonds. The number of benzene rings is 1. The summed E-state index contributed by atoms with van der Waals surface area (Å²) in [6.07, 6.45) is 0. The van der Waals surface area contributed by atoms with E-state index in [1.807, 2.05) is 0 Å². The zero-order valence-corrected chi connectivity index (χ0v) is 12.3. The predicted octanol–water partition coefficient (Wildman–Crippen LogP) is 2.97. The highest BCUT2D eigenvalue weighted by Crippen LogP contribution is 2.23. The van der Waals surface area contributed by atoms with Crippen LogP contribution in [-0.2, 0) is 4.79 Å². The zero-order valence-electron chi connectivity index (χ0n) is 11.5. The van der Waals surface area contributed by atoms with Gasteiger partial charge in [0, 0.05) is 16.1 Å². The van der Waals surface area contributed by atoms with E-state index in [1.54, 1.807) is 45.9 Å². The Kier molecular flexibility index (Phi) is 4.58. The van der Waals surface area contributed by atoms with Crippen molar-refractivity contribution in [3.05, 3.63) is 34.3 Å². The van der Waals surface area contributed by atoms with Gasteiger partial charge in [0.05, 0.1) is 0 Å². The Morgan fingerprint density at radius 1 is 1.32 bits per heavy atom. The van der Waals surface area contributed by atoms with Crippen molar-refractivity contribution in [3.63, 3.8) is 0 Å². The third-order valence-corrected chi connectivity index (χ3v) is 3.26. The molecule has 0 aliphatic heterocycles. The second-order valence-electron chi connectivity index (χ2n) is 5.37. The Balaban J connectivity index is 3.20. The van der Waals surface area contributed by atoms with Gasteiger partial charge >= 0.3 is 5.97 Å². The van der Waals surface area contributed by atoms with Crippen molar-refractivity contribution in [2.75, 3.05) is 6.54 Å². The fraction of sp³-hybridized carbons (Fsp3) is 0.429. The maximum Gasteiger partial charge on any atom is 0.323 e. The van der Waals surface area contributed by atoms with Gasteiger partial charge < -0.3 is 10.0 Å². The Hall–Kier alpha value is -1.55. The summed E-state index contributed by atoms with van der Waals surface area (Å²) in [6.45, 7) is 6.81. The lowest BCUT2D eigenvalue weighted by atomic mass is 10.0. The van der Waals surface area contributed by atoms with Crippen LogP contribution in [-0.4, -0.2) is 34.0 Å². The van der Waals surface area contributed by atoms with E-state index >= 15 is 0 Å². The number of carbonyl (C=O) groups is 2. The van der Waals surface area contributed by atoms with Gasteiger partial charge in [-0.15, -0.1) is 0 Å². The minimum Gasteiger partial charge on any atom is -0.480 e. The Morgan fingerprint density at radius 2 is 1.89 bits per heavy atom. The summed E-state index contributed by atoms with van der Waals surface area (Å²) >= 11 is 6.00. The van der Waals surface area contributed by atoms with Crippen LogP contribution in [0.4, 0.5) is 0 Å². The van der Waals surface area contributed by atoms with Crippen molar-refractivity contribution in [1.82, 2.24) is 4.90 Å². The highest BCUT2D eigenvalue weighted by atomic mass is 35.5. The molecule has 0 aromatic heterocycles. The van der Waals surface area contributed by atoms with E-state index in [4.69, 9.17) is 16.7 Å². The highest BCUT2D eigenvalue weighted by Gasteiger charge is 2.30. The Bertz CT molecular complexity index is 506. The lowest BCUT2D eigenvalue weighted by Crippen LogP contribution is -2.48. The van der Waals surface area contributed by atoms with Gasteiger partial charge in [-0.2, -0.15) is 0 Å². The number of carboxylic acid groups (broad SMARTS) is 1. The average Bonchev–Trinajstić information content (AvgIpc) is 2.27. The molecule has 1 aromatic rings. The molecule has 0 aliphatic carbocycles. The SMILES string of the molecule is Cc1c(Cl)cccc1C(=O)N(CC(=O)O)C(C)(C)C. The third kappa shape index (κ3) is 3.70. The standard InChI is InChI=1S/C14H18ClNO3/c1-9-10(6-5-7-11(9)15)13(19)16(8-12(17)18)14(2,3)4/h5-7H,8H2,1-4H3,(H,17,18). The lowest BCUT2D eigenvalue weighted by Gasteiger charge is -2.34. The number of halogens is 1. The first-order chi connectivity index (χ1) is 8.64. The third-order valence-electron chi connectivity index (χ3n) is 2.85. The van der Waals surface area contributed by atoms with Crippen LogP contribution in [0.1, 0.15) is 36.7 Å². The fourth-order valence-electron chi connectivity index (χ4n) is 1.73. The molecule has 0 radical (unpaired) electrons. The monoisotopic (exact) mass is 283 g/mol. The van der Waals surface area contributed by atoms with Gasteiger partial charge in [0.1, 0.15) is 6.54 Å². The molecule has 19 heavy (non-hydrogen) atoms. The van der Waals surface area contributed by atoms with Crippen molar-refractivity contribution < 1.29 is 14.7 Å². The quantitative estimate of drug-likeness (QED) is 0.928. The molecule has 1 N–H and O–H groups in total. The molecule has 0 fully saturated rings. The number of carbonyl (C=O) groups excluding carboxylic acids is 1. The number of rotatable bonds is 3. The summed E-state index contributed by atoms with van der Waals surface area (Å²) in [6, 6.07) is 5.04. The molecule has 0 saturated carbocycles. The van der Waals surface area contributed by atoms with E-state index in [0.717, 1.165) is 0 Å². The van der Waals surface area contributed by atoms with Gasteiger partial charge in [-0.1, -0.05) is 17.7 Å². The Labute approximate surface area is 118 Å². The van der Waals surface area contributed by atoms with Crippen molar-refractivity contribution >= 4 is 23.5 Å². The molecule has 4 nitrogen and oxygen atoms in total. The van der Waals surface area contributed by atoms with Crippen LogP contribution in [0.3, 0.4) is 0 Å². The van der Waals surface area contributed by atoms with Crippen molar-refractivity contribution in [3.8, 4) is 0 Å². The average molecular weight is 284 g/mol. The second kappa shape index (κ2) is 5.61. The van der Waals surface area contributed by atoms with Crippen molar-refractivity contribution in [2.24, 2.45) is 0 Å². The minimum absolute atomic E-state index is 0.324. The summed E-state index contributed by atoms with van der Waals surface area (Å²) < 4.78 is 0. The predicted molar refractivity (Wildman–Crippen MR) is 74.6 cm³/mol. The molecule has 0 aliphatic rings. The molecule has 1 aromatic carbocycles. The number of nitrogens with zero attached hydrogens (tertiary/aromatic N) is 1. The van der Waals surface area contributed by atoms with Crippen molar-refractivity contribution in [2.45, 2.75) is 33.2 Å². The van der Waals surface area contributed by atoms with Gasteiger partial charge in [-0.05, 0) is 45.4 Å². The van der Waals surface area contributed by atoms with E-state index in [0.29, 0.717) is 16.1 Å². The van der Waals surface area contributed by atoms with E-state index in [1.165, 1.54) is 4.90 Å². The highest BCUT2D eigenvalue weighted by molar-refractivity contribution is 6.31. The van der Waals surface area contributed by atoms with Crippen LogP contribution in [0.2, 0.25) is 5.02 Å². The number of aliphatic carboxylic acids is 1. The van der Waals surface area contributed by atoms with Gasteiger partial charge in [0.15, 0.2) is 0 Å². The number of carboxylic acids is 1. The van der Waals surface area contributed by atoms with Crippen LogP contribution in [0.25, 0.3) is 0 Å². The van der Waals surface area contributed by atoms with Gasteiger partial charge in [0.2, 0.25) is 0 Å². The molecule has 104 valence electrons. The molecule has 0 heterocycles. The molecular formula is C14H18ClNO3. The smallest absolute Gasteiger partial charge is 0.323 e. The first kappa shape index (κ1) is 15.5. The molecule has 0 spiro atoms. The summed E-state index contributed by atoms with van der Waals surface area (Å²) in [5, 5.41) is 9.44. The van der Waals surface area contributed by atoms with E-state index in [2.05, 4.69) is 0 Å². The largest absolute Gasteiger partial charge is 0.480 e. The minimum atomic E-state index is -1.04. The van der Waals surface area contributed by atoms with Crippen LogP contribution < -0.4 is 0 Å². The second-order valence-corrected chi connectivity index (χ2v) is 5.78. The molecular weight excluding hydrogens is 266 g/mol. The first-order valence-electron chi connectivity index (χ1n) is 5.93. The van der Waals surface area contributed by atoms with Crippen LogP contribution >= 0.6 is 11.6 Å². The normalized spacial score (nSPS) is 11.2. The number of amides is 1. The van der Waals surface area contributed by atoms with Crippen LogP contribution in [0.15, 0.2) is 18.2 Å². The zero-order chi connectivity index (χ0) is 14.8. The maximum absolute atomic E-state index is 12.5. The number of hydrogen-bond acceptors (Lipinski definition) is 2. The van der Waals surface area contributed by atoms with Crippen LogP contribution in [0.5, 0.6) is 0 Å². The first-order valence-corrected chi connectivity index (χ1v) is 6.31. The summed E-state index contributed by atoms with van der Waals surface area (Å²) in [7, 11) is 0. The summed E-state index contributed by atoms with van der Waals surface area (Å²) in [5.41, 5.74) is 0.516. The molecule has 0 atom stereocenters. The van der Waals surface area contributed by atoms with Gasteiger partial charge in [0.25, 0.3) is 5.91 Å². The molecule has 1 rings (SSSR count). The molecule has 0 unspecified atom stereocenters. The topological polar surface area (TPSA) is 57.6 Å². The molecule has 5 heteroatoms. The van der Waals surface area contributed by atoms with Crippen LogP contribution in [0, 0.1) is 6.92 Å². The molecule has 0 saturated heterocycles. The van der Waals surface area contributed by atoms with E-state index in [-0.39, 0.29) is 12.5 Å². The van der Waals surface area contributed by atoms with Gasteiger partial charge in [-0.25, -0.2) is 0 Å². The fourth-order valence-corrected chi connectivity index (χ4v) is 1.91. The van der Waals surface area contributed by atoms with E-state index < -0.39 is 11.5 Å². The summed E-state index contributed by atoms with van der Waals surface area (Å²) in [5.74, 6) is -1.36. The van der Waals surface area contributed by atoms with Gasteiger partial charge in [-0.3, -0.25) is 9.59 Å². The van der Waals surface area contributed by atoms with E-state index in [9.17, 15) is 9.59 Å². The lowest BCUT2D eigenvalue weighted by molar-refractivity contribution is -0.138. The maximum atomic E-state index is 12.5. The Morgan fingerprint density at radius 3 is 2.37 bits per heavy atom. The molecule has 0 bridgehead atoms. The van der Waals surface area contributed by atoms with Crippen molar-refractivity contribution in [1.29, 1.82) is 0 Å². The number of hydrogen-bond donors (Lipinski definition) is 1. The summed E-state index contributed by atoms with van der Waals surface area (Å²) in [4.78, 5) is 24.8.